The number of anilines is 1. The number of rotatable bonds is 2. The summed E-state index contributed by atoms with van der Waals surface area (Å²) in [5.74, 6) is 0.615. The van der Waals surface area contributed by atoms with Gasteiger partial charge in [-0.05, 0) is 30.4 Å². The fraction of sp³-hybridized carbons (Fsp3) is 0.412. The van der Waals surface area contributed by atoms with Crippen LogP contribution in [-0.4, -0.2) is 22.4 Å². The van der Waals surface area contributed by atoms with Crippen LogP contribution in [0.15, 0.2) is 30.3 Å². The minimum atomic E-state index is -0.245. The highest BCUT2D eigenvalue weighted by molar-refractivity contribution is 5.88. The van der Waals surface area contributed by atoms with Gasteiger partial charge in [-0.15, -0.1) is 0 Å². The Balaban J connectivity index is 1.44. The molecular formula is C17H20N4O2. The SMILES string of the molecule is O=C(Nc1cc2n(n1)CCCC2)NC1COCc2ccccc21. The number of carbonyl (C=O) groups excluding carboxylic acids is 1. The predicted molar refractivity (Wildman–Crippen MR) is 86.2 cm³/mol. The van der Waals surface area contributed by atoms with Crippen molar-refractivity contribution < 1.29 is 9.53 Å². The van der Waals surface area contributed by atoms with Crippen LogP contribution in [0.1, 0.15) is 35.7 Å². The standard InChI is InChI=1S/C17H20N4O2/c22-17(19-16-9-13-6-3-4-8-21(13)20-16)18-15-11-23-10-12-5-1-2-7-14(12)15/h1-2,5,7,9,15H,3-4,6,8,10-11H2,(H2,18,19,20,22). The molecule has 0 aliphatic carbocycles. The van der Waals surface area contributed by atoms with Crippen molar-refractivity contribution >= 4 is 11.8 Å². The Morgan fingerprint density at radius 3 is 3.13 bits per heavy atom. The number of amides is 2. The summed E-state index contributed by atoms with van der Waals surface area (Å²) in [7, 11) is 0. The number of hydrogen-bond donors (Lipinski definition) is 2. The summed E-state index contributed by atoms with van der Waals surface area (Å²) >= 11 is 0. The first-order valence-electron chi connectivity index (χ1n) is 8.09. The molecule has 0 fully saturated rings. The fourth-order valence-electron chi connectivity index (χ4n) is 3.29. The topological polar surface area (TPSA) is 68.2 Å². The maximum atomic E-state index is 12.3. The van der Waals surface area contributed by atoms with Gasteiger partial charge in [0.05, 0.1) is 19.3 Å². The number of nitrogens with zero attached hydrogens (tertiary/aromatic N) is 2. The molecule has 3 heterocycles. The van der Waals surface area contributed by atoms with Crippen molar-refractivity contribution in [2.24, 2.45) is 0 Å². The van der Waals surface area contributed by atoms with Crippen LogP contribution in [0.5, 0.6) is 0 Å². The molecule has 0 saturated heterocycles. The average molecular weight is 312 g/mol. The summed E-state index contributed by atoms with van der Waals surface area (Å²) in [6.07, 6.45) is 3.37. The van der Waals surface area contributed by atoms with Crippen LogP contribution in [0.2, 0.25) is 0 Å². The van der Waals surface area contributed by atoms with Crippen molar-refractivity contribution in [3.8, 4) is 0 Å². The number of nitrogens with one attached hydrogen (secondary N) is 2. The van der Waals surface area contributed by atoms with E-state index in [1.165, 1.54) is 12.1 Å². The fourth-order valence-corrected chi connectivity index (χ4v) is 3.29. The molecule has 0 radical (unpaired) electrons. The van der Waals surface area contributed by atoms with E-state index in [9.17, 15) is 4.79 Å². The first-order chi connectivity index (χ1) is 11.3. The van der Waals surface area contributed by atoms with Gasteiger partial charge in [0.15, 0.2) is 5.82 Å². The Kier molecular flexibility index (Phi) is 3.75. The van der Waals surface area contributed by atoms with Gasteiger partial charge in [0.1, 0.15) is 0 Å². The number of hydrogen-bond acceptors (Lipinski definition) is 3. The van der Waals surface area contributed by atoms with Gasteiger partial charge in [-0.2, -0.15) is 5.10 Å². The lowest BCUT2D eigenvalue weighted by molar-refractivity contribution is 0.0850. The third kappa shape index (κ3) is 2.94. The summed E-state index contributed by atoms with van der Waals surface area (Å²) in [5, 5.41) is 10.3. The minimum absolute atomic E-state index is 0.128. The number of aromatic nitrogens is 2. The molecule has 1 aromatic carbocycles. The molecule has 1 aromatic heterocycles. The van der Waals surface area contributed by atoms with Crippen LogP contribution in [-0.2, 0) is 24.3 Å². The van der Waals surface area contributed by atoms with Crippen LogP contribution >= 0.6 is 0 Å². The third-order valence-corrected chi connectivity index (χ3v) is 4.44. The Morgan fingerprint density at radius 2 is 2.22 bits per heavy atom. The van der Waals surface area contributed by atoms with Crippen LogP contribution in [0.25, 0.3) is 0 Å². The summed E-state index contributed by atoms with van der Waals surface area (Å²) < 4.78 is 7.55. The second kappa shape index (κ2) is 6.04. The summed E-state index contributed by atoms with van der Waals surface area (Å²) in [4.78, 5) is 12.3. The van der Waals surface area contributed by atoms with Gasteiger partial charge < -0.3 is 10.1 Å². The quantitative estimate of drug-likeness (QED) is 0.895. The van der Waals surface area contributed by atoms with Crippen LogP contribution in [0.3, 0.4) is 0 Å². The van der Waals surface area contributed by atoms with E-state index >= 15 is 0 Å². The molecule has 6 nitrogen and oxygen atoms in total. The zero-order chi connectivity index (χ0) is 15.6. The molecule has 2 amide bonds. The molecule has 120 valence electrons. The van der Waals surface area contributed by atoms with E-state index in [0.29, 0.717) is 19.0 Å². The monoisotopic (exact) mass is 312 g/mol. The van der Waals surface area contributed by atoms with E-state index in [1.54, 1.807) is 0 Å². The molecule has 2 aliphatic heterocycles. The van der Waals surface area contributed by atoms with E-state index in [-0.39, 0.29) is 12.1 Å². The van der Waals surface area contributed by atoms with E-state index in [0.717, 1.165) is 30.5 Å². The Hall–Kier alpha value is -2.34. The van der Waals surface area contributed by atoms with Crippen molar-refractivity contribution in [3.63, 3.8) is 0 Å². The Morgan fingerprint density at radius 1 is 1.30 bits per heavy atom. The number of aryl methyl sites for hydroxylation is 2. The molecule has 2 aliphatic rings. The number of ether oxygens (including phenoxy) is 1. The van der Waals surface area contributed by atoms with E-state index < -0.39 is 0 Å². The maximum absolute atomic E-state index is 12.3. The predicted octanol–water partition coefficient (Wildman–Crippen LogP) is 2.61. The zero-order valence-corrected chi connectivity index (χ0v) is 12.9. The van der Waals surface area contributed by atoms with Gasteiger partial charge >= 0.3 is 6.03 Å². The summed E-state index contributed by atoms with van der Waals surface area (Å²) in [6.45, 7) is 2.02. The van der Waals surface area contributed by atoms with Crippen molar-refractivity contribution in [2.75, 3.05) is 11.9 Å². The van der Waals surface area contributed by atoms with Crippen molar-refractivity contribution in [1.82, 2.24) is 15.1 Å². The smallest absolute Gasteiger partial charge is 0.321 e. The van der Waals surface area contributed by atoms with Gasteiger partial charge in [-0.1, -0.05) is 24.3 Å². The van der Waals surface area contributed by atoms with Crippen molar-refractivity contribution in [1.29, 1.82) is 0 Å². The number of urea groups is 1. The van der Waals surface area contributed by atoms with Gasteiger partial charge in [-0.25, -0.2) is 4.79 Å². The van der Waals surface area contributed by atoms with Gasteiger partial charge in [0.25, 0.3) is 0 Å². The Labute approximate surface area is 134 Å². The number of fused-ring (bicyclic) bond motifs is 2. The average Bonchev–Trinajstić information content (AvgIpc) is 2.97. The van der Waals surface area contributed by atoms with E-state index in [4.69, 9.17) is 4.74 Å². The van der Waals surface area contributed by atoms with E-state index in [2.05, 4.69) is 15.7 Å². The van der Waals surface area contributed by atoms with E-state index in [1.807, 2.05) is 35.0 Å². The number of carbonyl (C=O) groups is 1. The molecule has 0 saturated carbocycles. The summed E-state index contributed by atoms with van der Waals surface area (Å²) in [5.41, 5.74) is 3.44. The second-order valence-corrected chi connectivity index (χ2v) is 6.07. The van der Waals surface area contributed by atoms with Crippen LogP contribution in [0.4, 0.5) is 10.6 Å². The lowest BCUT2D eigenvalue weighted by Crippen LogP contribution is -2.37. The third-order valence-electron chi connectivity index (χ3n) is 4.44. The first kappa shape index (κ1) is 14.3. The highest BCUT2D eigenvalue weighted by Gasteiger charge is 2.22. The lowest BCUT2D eigenvalue weighted by atomic mass is 9.99. The van der Waals surface area contributed by atoms with Gasteiger partial charge in [0, 0.05) is 18.3 Å². The highest BCUT2D eigenvalue weighted by Crippen LogP contribution is 2.24. The van der Waals surface area contributed by atoms with Gasteiger partial charge in [0.2, 0.25) is 0 Å². The number of benzene rings is 1. The second-order valence-electron chi connectivity index (χ2n) is 6.07. The minimum Gasteiger partial charge on any atom is -0.374 e. The molecule has 1 atom stereocenters. The van der Waals surface area contributed by atoms with Gasteiger partial charge in [-0.3, -0.25) is 10.00 Å². The largest absolute Gasteiger partial charge is 0.374 e. The zero-order valence-electron chi connectivity index (χ0n) is 12.9. The molecule has 2 aromatic rings. The molecule has 6 heteroatoms. The Bertz CT molecular complexity index is 702. The van der Waals surface area contributed by atoms with Crippen molar-refractivity contribution in [2.45, 2.75) is 38.5 Å². The molecule has 0 spiro atoms. The molecular weight excluding hydrogens is 292 g/mol. The lowest BCUT2D eigenvalue weighted by Gasteiger charge is -2.26. The maximum Gasteiger partial charge on any atom is 0.321 e. The molecule has 0 bridgehead atoms. The van der Waals surface area contributed by atoms with Crippen molar-refractivity contribution in [3.05, 3.63) is 47.2 Å². The van der Waals surface area contributed by atoms with Crippen LogP contribution in [0, 0.1) is 0 Å². The highest BCUT2D eigenvalue weighted by atomic mass is 16.5. The normalized spacial score (nSPS) is 19.6. The molecule has 4 rings (SSSR count). The first-order valence-corrected chi connectivity index (χ1v) is 8.09. The molecule has 2 N–H and O–H groups in total. The molecule has 1 unspecified atom stereocenters. The van der Waals surface area contributed by atoms with Crippen LogP contribution < -0.4 is 10.6 Å². The summed E-state index contributed by atoms with van der Waals surface area (Å²) in [6, 6.07) is 9.63. The molecule has 23 heavy (non-hydrogen) atoms.